The van der Waals surface area contributed by atoms with E-state index in [4.69, 9.17) is 14.6 Å². The fourth-order valence-corrected chi connectivity index (χ4v) is 3.41. The van der Waals surface area contributed by atoms with Crippen molar-refractivity contribution in [2.75, 3.05) is 6.61 Å². The van der Waals surface area contributed by atoms with Gasteiger partial charge in [-0.15, -0.1) is 0 Å². The average Bonchev–Trinajstić information content (AvgIpc) is 3.07. The van der Waals surface area contributed by atoms with Crippen molar-refractivity contribution >= 4 is 46.5 Å². The minimum Gasteiger partial charge on any atom is -0.479 e. The normalized spacial score (nSPS) is 16.8. The van der Waals surface area contributed by atoms with Gasteiger partial charge in [0.15, 0.2) is 11.3 Å². The van der Waals surface area contributed by atoms with Gasteiger partial charge < -0.3 is 19.9 Å². The lowest BCUT2D eigenvalue weighted by atomic mass is 10.2. The molecule has 0 radical (unpaired) electrons. The Hall–Kier alpha value is -3.59. The van der Waals surface area contributed by atoms with Gasteiger partial charge in [0.2, 0.25) is 0 Å². The van der Waals surface area contributed by atoms with E-state index in [9.17, 15) is 14.4 Å². The molecule has 2 aromatic rings. The van der Waals surface area contributed by atoms with E-state index in [1.54, 1.807) is 61.5 Å². The molecule has 3 rings (SSSR count). The third-order valence-electron chi connectivity index (χ3n) is 4.08. The second-order valence-corrected chi connectivity index (χ2v) is 7.45. The molecule has 160 valence electrons. The summed E-state index contributed by atoms with van der Waals surface area (Å²) in [5, 5.41) is 12.1. The van der Waals surface area contributed by atoms with Crippen LogP contribution in [0.4, 0.5) is 5.69 Å². The van der Waals surface area contributed by atoms with Crippen LogP contribution in [0.25, 0.3) is 6.08 Å². The van der Waals surface area contributed by atoms with Crippen molar-refractivity contribution in [3.63, 3.8) is 0 Å². The lowest BCUT2D eigenvalue weighted by Gasteiger charge is -2.10. The van der Waals surface area contributed by atoms with Gasteiger partial charge in [-0.05, 0) is 73.6 Å². The SMILES string of the molecule is CCOC(=O)c1ccc(N=C2NC(=O)/C(=C\c3cccc(OC(C)C(=O)O)c3)S2)cc1. The number of aliphatic imine (C=N–C) groups is 1. The third kappa shape index (κ3) is 5.95. The number of ether oxygens (including phenoxy) is 2. The molecule has 1 aliphatic rings. The Morgan fingerprint density at radius 1 is 1.23 bits per heavy atom. The Balaban J connectivity index is 1.72. The second-order valence-electron chi connectivity index (χ2n) is 6.42. The molecule has 1 aliphatic heterocycles. The molecule has 8 nitrogen and oxygen atoms in total. The predicted molar refractivity (Wildman–Crippen MR) is 117 cm³/mol. The first-order valence-corrected chi connectivity index (χ1v) is 10.2. The van der Waals surface area contributed by atoms with Crippen LogP contribution in [0.15, 0.2) is 58.4 Å². The van der Waals surface area contributed by atoms with E-state index in [0.717, 1.165) is 0 Å². The number of amidine groups is 1. The van der Waals surface area contributed by atoms with Crippen LogP contribution in [0.5, 0.6) is 5.75 Å². The Morgan fingerprint density at radius 2 is 1.97 bits per heavy atom. The zero-order valence-corrected chi connectivity index (χ0v) is 17.6. The number of carbonyl (C=O) groups excluding carboxylic acids is 2. The van der Waals surface area contributed by atoms with Crippen molar-refractivity contribution in [1.29, 1.82) is 0 Å². The van der Waals surface area contributed by atoms with Gasteiger partial charge in [-0.25, -0.2) is 14.6 Å². The highest BCUT2D eigenvalue weighted by Gasteiger charge is 2.24. The van der Waals surface area contributed by atoms with Gasteiger partial charge in [-0.2, -0.15) is 0 Å². The zero-order valence-electron chi connectivity index (χ0n) is 16.8. The van der Waals surface area contributed by atoms with E-state index < -0.39 is 18.0 Å². The Bertz CT molecular complexity index is 1060. The summed E-state index contributed by atoms with van der Waals surface area (Å²) in [6.07, 6.45) is 0.686. The van der Waals surface area contributed by atoms with E-state index in [1.165, 1.54) is 18.7 Å². The van der Waals surface area contributed by atoms with Crippen LogP contribution in [-0.2, 0) is 14.3 Å². The highest BCUT2D eigenvalue weighted by atomic mass is 32.2. The summed E-state index contributed by atoms with van der Waals surface area (Å²) < 4.78 is 10.3. The largest absolute Gasteiger partial charge is 0.479 e. The van der Waals surface area contributed by atoms with Crippen molar-refractivity contribution in [2.45, 2.75) is 20.0 Å². The van der Waals surface area contributed by atoms with Crippen LogP contribution >= 0.6 is 11.8 Å². The molecule has 0 spiro atoms. The maximum atomic E-state index is 12.3. The number of rotatable bonds is 7. The molecular weight excluding hydrogens is 420 g/mol. The van der Waals surface area contributed by atoms with Crippen LogP contribution < -0.4 is 10.1 Å². The fourth-order valence-electron chi connectivity index (χ4n) is 2.57. The van der Waals surface area contributed by atoms with Gasteiger partial charge in [-0.3, -0.25) is 4.79 Å². The van der Waals surface area contributed by atoms with Crippen LogP contribution in [0, 0.1) is 0 Å². The lowest BCUT2D eigenvalue weighted by Crippen LogP contribution is -2.22. The number of aliphatic carboxylic acids is 1. The number of carboxylic acid groups (broad SMARTS) is 1. The van der Waals surface area contributed by atoms with Crippen molar-refractivity contribution in [1.82, 2.24) is 5.32 Å². The van der Waals surface area contributed by atoms with Crippen molar-refractivity contribution in [3.8, 4) is 5.75 Å². The highest BCUT2D eigenvalue weighted by molar-refractivity contribution is 8.18. The number of esters is 1. The van der Waals surface area contributed by atoms with Gasteiger partial charge in [0.05, 0.1) is 22.8 Å². The van der Waals surface area contributed by atoms with Gasteiger partial charge >= 0.3 is 11.9 Å². The molecular formula is C22H20N2O6S. The molecule has 31 heavy (non-hydrogen) atoms. The molecule has 2 aromatic carbocycles. The standard InChI is InChI=1S/C22H20N2O6S/c1-3-29-21(28)15-7-9-16(10-8-15)23-22-24-19(25)18(31-22)12-14-5-4-6-17(11-14)30-13(2)20(26)27/h4-13H,3H2,1-2H3,(H,26,27)(H,23,24,25)/b18-12+. The molecule has 0 bridgehead atoms. The molecule has 1 heterocycles. The average molecular weight is 440 g/mol. The van der Waals surface area contributed by atoms with Crippen molar-refractivity contribution < 1.29 is 29.0 Å². The molecule has 1 fully saturated rings. The Kier molecular flexibility index (Phi) is 7.09. The van der Waals surface area contributed by atoms with E-state index in [1.807, 2.05) is 0 Å². The monoisotopic (exact) mass is 440 g/mol. The van der Waals surface area contributed by atoms with Crippen LogP contribution in [0.2, 0.25) is 0 Å². The molecule has 0 aliphatic carbocycles. The quantitative estimate of drug-likeness (QED) is 0.499. The summed E-state index contributed by atoms with van der Waals surface area (Å²) in [5.74, 6) is -1.37. The van der Waals surface area contributed by atoms with Gasteiger partial charge in [-0.1, -0.05) is 12.1 Å². The summed E-state index contributed by atoms with van der Waals surface area (Å²) in [7, 11) is 0. The van der Waals surface area contributed by atoms with Gasteiger partial charge in [0, 0.05) is 0 Å². The van der Waals surface area contributed by atoms with E-state index in [-0.39, 0.29) is 5.91 Å². The van der Waals surface area contributed by atoms with Crippen LogP contribution in [-0.4, -0.2) is 40.8 Å². The Labute approximate surface area is 183 Å². The number of nitrogens with one attached hydrogen (secondary N) is 1. The number of hydrogen-bond donors (Lipinski definition) is 2. The summed E-state index contributed by atoms with van der Waals surface area (Å²) >= 11 is 1.18. The summed E-state index contributed by atoms with van der Waals surface area (Å²) in [6.45, 7) is 3.48. The zero-order chi connectivity index (χ0) is 22.4. The second kappa shape index (κ2) is 9.94. The fraction of sp³-hybridized carbons (Fsp3) is 0.182. The number of amides is 1. The highest BCUT2D eigenvalue weighted by Crippen LogP contribution is 2.29. The van der Waals surface area contributed by atoms with Crippen LogP contribution in [0.1, 0.15) is 29.8 Å². The molecule has 9 heteroatoms. The first-order chi connectivity index (χ1) is 14.9. The van der Waals surface area contributed by atoms with Gasteiger partial charge in [0.1, 0.15) is 5.75 Å². The lowest BCUT2D eigenvalue weighted by molar-refractivity contribution is -0.144. The topological polar surface area (TPSA) is 114 Å². The number of carboxylic acids is 1. The number of thioether (sulfide) groups is 1. The van der Waals surface area contributed by atoms with E-state index >= 15 is 0 Å². The van der Waals surface area contributed by atoms with Crippen molar-refractivity contribution in [2.24, 2.45) is 4.99 Å². The summed E-state index contributed by atoms with van der Waals surface area (Å²) in [4.78, 5) is 39.8. The van der Waals surface area contributed by atoms with E-state index in [2.05, 4.69) is 10.3 Å². The number of carbonyl (C=O) groups is 3. The summed E-state index contributed by atoms with van der Waals surface area (Å²) in [6, 6.07) is 13.4. The molecule has 2 N–H and O–H groups in total. The Morgan fingerprint density at radius 3 is 2.65 bits per heavy atom. The number of benzene rings is 2. The minimum atomic E-state index is -1.06. The number of hydrogen-bond acceptors (Lipinski definition) is 7. The molecule has 0 aromatic heterocycles. The smallest absolute Gasteiger partial charge is 0.344 e. The number of nitrogens with zero attached hydrogens (tertiary/aromatic N) is 1. The predicted octanol–water partition coefficient (Wildman–Crippen LogP) is 3.61. The first-order valence-electron chi connectivity index (χ1n) is 9.42. The maximum Gasteiger partial charge on any atom is 0.344 e. The maximum absolute atomic E-state index is 12.3. The summed E-state index contributed by atoms with van der Waals surface area (Å²) in [5.41, 5.74) is 1.69. The third-order valence-corrected chi connectivity index (χ3v) is 4.99. The molecule has 1 saturated heterocycles. The van der Waals surface area contributed by atoms with E-state index in [0.29, 0.717) is 39.2 Å². The first kappa shape index (κ1) is 22.1. The van der Waals surface area contributed by atoms with Gasteiger partial charge in [0.25, 0.3) is 5.91 Å². The van der Waals surface area contributed by atoms with Crippen LogP contribution in [0.3, 0.4) is 0 Å². The molecule has 1 amide bonds. The molecule has 0 saturated carbocycles. The minimum absolute atomic E-state index is 0.294. The van der Waals surface area contributed by atoms with Crippen molar-refractivity contribution in [3.05, 3.63) is 64.6 Å². The molecule has 1 unspecified atom stereocenters. The molecule has 1 atom stereocenters.